The second-order valence-corrected chi connectivity index (χ2v) is 9.62. The highest BCUT2D eigenvalue weighted by Gasteiger charge is 2.25. The number of thiophene rings is 1. The Morgan fingerprint density at radius 2 is 2.13 bits per heavy atom. The fourth-order valence-electron chi connectivity index (χ4n) is 4.64. The van der Waals surface area contributed by atoms with E-state index in [1.54, 1.807) is 18.4 Å². The largest absolute Gasteiger partial charge is 0.495 e. The van der Waals surface area contributed by atoms with E-state index in [9.17, 15) is 0 Å². The number of fused-ring (bicyclic) bond motifs is 2. The minimum atomic E-state index is 0.500. The van der Waals surface area contributed by atoms with Crippen molar-refractivity contribution in [3.63, 3.8) is 0 Å². The van der Waals surface area contributed by atoms with Gasteiger partial charge in [0.2, 0.25) is 0 Å². The number of methoxy groups -OCH3 is 1. The zero-order valence-electron chi connectivity index (χ0n) is 18.4. The third-order valence-corrected chi connectivity index (χ3v) is 7.47. The van der Waals surface area contributed by atoms with Gasteiger partial charge in [0.05, 0.1) is 17.5 Å². The highest BCUT2D eigenvalue weighted by atomic mass is 32.1. The molecule has 1 saturated heterocycles. The SMILES string of the molecule is COc1cc(C)cc2cc(-c3cc(CN(C)C4CCN(C)C4)n4ncnc(N)c34)sc12. The van der Waals surface area contributed by atoms with Gasteiger partial charge in [-0.05, 0) is 63.1 Å². The molecule has 31 heavy (non-hydrogen) atoms. The summed E-state index contributed by atoms with van der Waals surface area (Å²) in [6.45, 7) is 5.14. The summed E-state index contributed by atoms with van der Waals surface area (Å²) in [7, 11) is 6.10. The van der Waals surface area contributed by atoms with Gasteiger partial charge in [-0.1, -0.05) is 6.07 Å². The number of ether oxygens (including phenoxy) is 1. The maximum Gasteiger partial charge on any atom is 0.152 e. The molecule has 2 N–H and O–H groups in total. The zero-order valence-corrected chi connectivity index (χ0v) is 19.2. The maximum absolute atomic E-state index is 6.34. The summed E-state index contributed by atoms with van der Waals surface area (Å²) in [5, 5.41) is 5.73. The van der Waals surface area contributed by atoms with Crippen molar-refractivity contribution in [1.82, 2.24) is 24.4 Å². The number of nitrogens with two attached hydrogens (primary N) is 1. The molecule has 1 aliphatic rings. The lowest BCUT2D eigenvalue weighted by Gasteiger charge is -2.23. The molecule has 0 spiro atoms. The van der Waals surface area contributed by atoms with Gasteiger partial charge in [0.15, 0.2) is 5.82 Å². The predicted molar refractivity (Wildman–Crippen MR) is 127 cm³/mol. The summed E-state index contributed by atoms with van der Waals surface area (Å²) in [5.41, 5.74) is 10.6. The van der Waals surface area contributed by atoms with Crippen LogP contribution in [0.1, 0.15) is 17.7 Å². The third-order valence-electron chi connectivity index (χ3n) is 6.27. The second-order valence-electron chi connectivity index (χ2n) is 8.57. The summed E-state index contributed by atoms with van der Waals surface area (Å²) in [6.07, 6.45) is 2.73. The van der Waals surface area contributed by atoms with Crippen molar-refractivity contribution in [1.29, 1.82) is 0 Å². The fraction of sp³-hybridized carbons (Fsp3) is 0.391. The van der Waals surface area contributed by atoms with Gasteiger partial charge in [-0.15, -0.1) is 11.3 Å². The van der Waals surface area contributed by atoms with Crippen LogP contribution in [0.4, 0.5) is 5.82 Å². The van der Waals surface area contributed by atoms with E-state index in [4.69, 9.17) is 10.5 Å². The Morgan fingerprint density at radius 1 is 1.29 bits per heavy atom. The zero-order chi connectivity index (χ0) is 21.7. The normalized spacial score (nSPS) is 17.4. The Bertz CT molecular complexity index is 1260. The van der Waals surface area contributed by atoms with Gasteiger partial charge in [-0.25, -0.2) is 9.50 Å². The molecule has 5 rings (SSSR count). The summed E-state index contributed by atoms with van der Waals surface area (Å²) < 4.78 is 8.74. The summed E-state index contributed by atoms with van der Waals surface area (Å²) >= 11 is 1.72. The number of anilines is 1. The molecule has 162 valence electrons. The minimum absolute atomic E-state index is 0.500. The molecule has 3 aromatic heterocycles. The number of nitrogens with zero attached hydrogens (tertiary/aromatic N) is 5. The number of hydrogen-bond donors (Lipinski definition) is 1. The quantitative estimate of drug-likeness (QED) is 0.515. The molecule has 1 atom stereocenters. The lowest BCUT2D eigenvalue weighted by molar-refractivity contribution is 0.230. The van der Waals surface area contributed by atoms with Gasteiger partial charge in [-0.3, -0.25) is 4.90 Å². The lowest BCUT2D eigenvalue weighted by Crippen LogP contribution is -2.33. The summed E-state index contributed by atoms with van der Waals surface area (Å²) in [6, 6.07) is 9.27. The Morgan fingerprint density at radius 3 is 2.87 bits per heavy atom. The van der Waals surface area contributed by atoms with E-state index in [1.165, 1.54) is 23.7 Å². The summed E-state index contributed by atoms with van der Waals surface area (Å²) in [5.74, 6) is 1.41. The Hall–Kier alpha value is -2.68. The van der Waals surface area contributed by atoms with Crippen LogP contribution in [0.5, 0.6) is 5.75 Å². The van der Waals surface area contributed by atoms with Crippen molar-refractivity contribution >= 4 is 32.8 Å². The number of likely N-dealkylation sites (tertiary alicyclic amines) is 1. The number of hydrogen-bond acceptors (Lipinski definition) is 7. The highest BCUT2D eigenvalue weighted by molar-refractivity contribution is 7.22. The van der Waals surface area contributed by atoms with E-state index < -0.39 is 0 Å². The molecule has 1 aliphatic heterocycles. The van der Waals surface area contributed by atoms with E-state index in [1.807, 2.05) is 4.52 Å². The first-order chi connectivity index (χ1) is 14.9. The molecule has 1 aromatic carbocycles. The Balaban J connectivity index is 1.60. The van der Waals surface area contributed by atoms with Crippen LogP contribution in [0.2, 0.25) is 0 Å². The molecular formula is C23H28N6OS. The molecule has 0 saturated carbocycles. The molecule has 0 amide bonds. The van der Waals surface area contributed by atoms with Gasteiger partial charge < -0.3 is 15.4 Å². The van der Waals surface area contributed by atoms with Crippen LogP contribution >= 0.6 is 11.3 Å². The van der Waals surface area contributed by atoms with E-state index in [-0.39, 0.29) is 0 Å². The van der Waals surface area contributed by atoms with E-state index in [2.05, 4.69) is 65.2 Å². The molecule has 7 nitrogen and oxygen atoms in total. The average Bonchev–Trinajstić information content (AvgIpc) is 3.45. The summed E-state index contributed by atoms with van der Waals surface area (Å²) in [4.78, 5) is 10.2. The van der Waals surface area contributed by atoms with Gasteiger partial charge in [0.1, 0.15) is 17.6 Å². The minimum Gasteiger partial charge on any atom is -0.495 e. The molecule has 8 heteroatoms. The molecular weight excluding hydrogens is 408 g/mol. The van der Waals surface area contributed by atoms with Crippen molar-refractivity contribution in [2.24, 2.45) is 0 Å². The van der Waals surface area contributed by atoms with Crippen LogP contribution in [-0.4, -0.2) is 64.7 Å². The molecule has 0 bridgehead atoms. The predicted octanol–water partition coefficient (Wildman–Crippen LogP) is 3.65. The number of aryl methyl sites for hydroxylation is 1. The van der Waals surface area contributed by atoms with E-state index >= 15 is 0 Å². The van der Waals surface area contributed by atoms with Crippen LogP contribution in [0.3, 0.4) is 0 Å². The van der Waals surface area contributed by atoms with Crippen LogP contribution < -0.4 is 10.5 Å². The number of benzene rings is 1. The van der Waals surface area contributed by atoms with Crippen molar-refractivity contribution in [2.45, 2.75) is 25.9 Å². The molecule has 1 unspecified atom stereocenters. The first-order valence-electron chi connectivity index (χ1n) is 10.5. The van der Waals surface area contributed by atoms with Crippen molar-refractivity contribution in [3.05, 3.63) is 41.9 Å². The van der Waals surface area contributed by atoms with Crippen molar-refractivity contribution in [3.8, 4) is 16.2 Å². The van der Waals surface area contributed by atoms with Crippen LogP contribution in [0.15, 0.2) is 30.6 Å². The maximum atomic E-state index is 6.34. The van der Waals surface area contributed by atoms with Crippen LogP contribution in [-0.2, 0) is 6.54 Å². The molecule has 4 aromatic rings. The molecule has 0 aliphatic carbocycles. The van der Waals surface area contributed by atoms with Crippen molar-refractivity contribution in [2.75, 3.05) is 40.0 Å². The second kappa shape index (κ2) is 7.78. The van der Waals surface area contributed by atoms with Crippen LogP contribution in [0.25, 0.3) is 26.0 Å². The van der Waals surface area contributed by atoms with E-state index in [0.717, 1.165) is 51.7 Å². The third kappa shape index (κ3) is 3.54. The number of aromatic nitrogens is 3. The van der Waals surface area contributed by atoms with E-state index in [0.29, 0.717) is 11.9 Å². The van der Waals surface area contributed by atoms with Gasteiger partial charge in [0, 0.05) is 29.6 Å². The molecule has 4 heterocycles. The first kappa shape index (κ1) is 20.2. The van der Waals surface area contributed by atoms with Crippen LogP contribution in [0, 0.1) is 6.92 Å². The van der Waals surface area contributed by atoms with Gasteiger partial charge >= 0.3 is 0 Å². The van der Waals surface area contributed by atoms with Gasteiger partial charge in [-0.2, -0.15) is 5.10 Å². The molecule has 0 radical (unpaired) electrons. The monoisotopic (exact) mass is 436 g/mol. The number of likely N-dealkylation sites (N-methyl/N-ethyl adjacent to an activating group) is 2. The first-order valence-corrected chi connectivity index (χ1v) is 11.3. The number of nitrogen functional groups attached to an aromatic ring is 1. The fourth-order valence-corrected chi connectivity index (χ4v) is 5.79. The molecule has 1 fully saturated rings. The average molecular weight is 437 g/mol. The number of rotatable bonds is 5. The van der Waals surface area contributed by atoms with Gasteiger partial charge in [0.25, 0.3) is 0 Å². The lowest BCUT2D eigenvalue weighted by atomic mass is 10.1. The Kier molecular flexibility index (Phi) is 5.08. The Labute approximate surface area is 186 Å². The highest BCUT2D eigenvalue weighted by Crippen LogP contribution is 2.42. The van der Waals surface area contributed by atoms with Crippen molar-refractivity contribution < 1.29 is 4.74 Å². The standard InChI is InChI=1S/C23H28N6OS/c1-14-7-15-9-20(31-22(15)19(8-14)30-4)18-10-17(29-21(18)23(24)25-13-26-29)12-28(3)16-5-6-27(2)11-16/h7-10,13,16H,5-6,11-12H2,1-4H3,(H2,24,25,26). The topological polar surface area (TPSA) is 71.9 Å². The smallest absolute Gasteiger partial charge is 0.152 e.